The molecular weight excluding hydrogens is 232 g/mol. The van der Waals surface area contributed by atoms with E-state index in [1.807, 2.05) is 0 Å². The first-order valence-corrected chi connectivity index (χ1v) is 6.72. The average molecular weight is 256 g/mol. The largest absolute Gasteiger partial charge is 0.352 e. The topological polar surface area (TPSA) is 87.5 Å². The van der Waals surface area contributed by atoms with Crippen molar-refractivity contribution in [1.29, 1.82) is 0 Å². The van der Waals surface area contributed by atoms with Crippen molar-refractivity contribution in [3.05, 3.63) is 0 Å². The van der Waals surface area contributed by atoms with Crippen LogP contribution in [0.4, 0.5) is 9.59 Å². The maximum Gasteiger partial charge on any atom is 0.317 e. The molecule has 0 unspecified atom stereocenters. The number of amides is 4. The summed E-state index contributed by atoms with van der Waals surface area (Å²) >= 11 is 0. The molecule has 0 aromatic rings. The Morgan fingerprint density at radius 1 is 1.28 bits per heavy atom. The van der Waals surface area contributed by atoms with Gasteiger partial charge in [0.15, 0.2) is 0 Å². The molecule has 4 N–H and O–H groups in total. The van der Waals surface area contributed by atoms with Gasteiger partial charge in [-0.05, 0) is 19.3 Å². The highest BCUT2D eigenvalue weighted by atomic mass is 16.2. The molecule has 1 heterocycles. The van der Waals surface area contributed by atoms with Gasteiger partial charge in [0.2, 0.25) is 0 Å². The van der Waals surface area contributed by atoms with Gasteiger partial charge in [-0.2, -0.15) is 0 Å². The van der Waals surface area contributed by atoms with E-state index >= 15 is 0 Å². The molecule has 1 rings (SSSR count). The summed E-state index contributed by atoms with van der Waals surface area (Å²) in [6, 6.07) is -0.382. The van der Waals surface area contributed by atoms with E-state index in [2.05, 4.69) is 17.6 Å². The summed E-state index contributed by atoms with van der Waals surface area (Å²) in [6.45, 7) is 4.22. The van der Waals surface area contributed by atoms with Gasteiger partial charge in [-0.3, -0.25) is 0 Å². The summed E-state index contributed by atoms with van der Waals surface area (Å²) in [5.74, 6) is 0. The number of carbonyl (C=O) groups excluding carboxylic acids is 2. The van der Waals surface area contributed by atoms with E-state index in [1.54, 1.807) is 4.90 Å². The molecule has 1 fully saturated rings. The lowest BCUT2D eigenvalue weighted by molar-refractivity contribution is 0.176. The van der Waals surface area contributed by atoms with Gasteiger partial charge in [0.1, 0.15) is 0 Å². The minimum absolute atomic E-state index is 0.00336. The third kappa shape index (κ3) is 5.25. The Bertz CT molecular complexity index is 275. The number of carbonyl (C=O) groups is 2. The van der Waals surface area contributed by atoms with Gasteiger partial charge in [-0.15, -0.1) is 0 Å². The maximum atomic E-state index is 11.8. The highest BCUT2D eigenvalue weighted by Crippen LogP contribution is 2.10. The minimum Gasteiger partial charge on any atom is -0.352 e. The van der Waals surface area contributed by atoms with Crippen molar-refractivity contribution in [2.45, 2.75) is 45.1 Å². The van der Waals surface area contributed by atoms with Crippen molar-refractivity contribution in [2.24, 2.45) is 5.73 Å². The summed E-state index contributed by atoms with van der Waals surface area (Å²) in [5.41, 5.74) is 5.07. The van der Waals surface area contributed by atoms with Crippen LogP contribution < -0.4 is 16.4 Å². The summed E-state index contributed by atoms with van der Waals surface area (Å²) in [4.78, 5) is 24.3. The van der Waals surface area contributed by atoms with Crippen molar-refractivity contribution < 1.29 is 9.59 Å². The van der Waals surface area contributed by atoms with Gasteiger partial charge in [0.05, 0.1) is 0 Å². The van der Waals surface area contributed by atoms with Crippen LogP contribution in [-0.4, -0.2) is 42.6 Å². The van der Waals surface area contributed by atoms with Gasteiger partial charge < -0.3 is 21.3 Å². The standard InChI is InChI=1S/C12H24N4O2/c1-2-3-4-7-14-12(18)16-8-5-10(6-9-16)15-11(13)17/h10H,2-9H2,1H3,(H,14,18)(H3,13,15,17). The van der Waals surface area contributed by atoms with Gasteiger partial charge in [0, 0.05) is 25.7 Å². The second kappa shape index (κ2) is 7.79. The average Bonchev–Trinajstić information content (AvgIpc) is 2.34. The van der Waals surface area contributed by atoms with E-state index in [1.165, 1.54) is 0 Å². The van der Waals surface area contributed by atoms with Crippen molar-refractivity contribution >= 4 is 12.1 Å². The Morgan fingerprint density at radius 2 is 1.94 bits per heavy atom. The molecule has 0 atom stereocenters. The van der Waals surface area contributed by atoms with Gasteiger partial charge >= 0.3 is 12.1 Å². The Balaban J connectivity index is 2.17. The zero-order valence-corrected chi connectivity index (χ0v) is 11.1. The molecule has 1 aliphatic rings. The van der Waals surface area contributed by atoms with Crippen LogP contribution in [0, 0.1) is 0 Å². The third-order valence-electron chi connectivity index (χ3n) is 3.19. The number of unbranched alkanes of at least 4 members (excludes halogenated alkanes) is 2. The monoisotopic (exact) mass is 256 g/mol. The molecule has 4 amide bonds. The van der Waals surface area contributed by atoms with E-state index < -0.39 is 6.03 Å². The summed E-state index contributed by atoms with van der Waals surface area (Å²) in [6.07, 6.45) is 4.86. The van der Waals surface area contributed by atoms with E-state index in [0.717, 1.165) is 38.6 Å². The van der Waals surface area contributed by atoms with Crippen molar-refractivity contribution in [1.82, 2.24) is 15.5 Å². The summed E-state index contributed by atoms with van der Waals surface area (Å²) in [5, 5.41) is 5.60. The second-order valence-electron chi connectivity index (χ2n) is 4.71. The number of hydrogen-bond acceptors (Lipinski definition) is 2. The molecule has 6 heteroatoms. The molecule has 0 aliphatic carbocycles. The summed E-state index contributed by atoms with van der Waals surface area (Å²) < 4.78 is 0. The summed E-state index contributed by atoms with van der Waals surface area (Å²) in [7, 11) is 0. The number of piperidine rings is 1. The molecule has 1 saturated heterocycles. The minimum atomic E-state index is -0.488. The Morgan fingerprint density at radius 3 is 2.50 bits per heavy atom. The predicted molar refractivity (Wildman–Crippen MR) is 70.2 cm³/mol. The molecule has 104 valence electrons. The van der Waals surface area contributed by atoms with Crippen molar-refractivity contribution in [3.8, 4) is 0 Å². The first kappa shape index (κ1) is 14.6. The molecule has 6 nitrogen and oxygen atoms in total. The number of likely N-dealkylation sites (tertiary alicyclic amines) is 1. The normalized spacial score (nSPS) is 16.4. The number of nitrogens with one attached hydrogen (secondary N) is 2. The van der Waals surface area contributed by atoms with Crippen LogP contribution in [-0.2, 0) is 0 Å². The lowest BCUT2D eigenvalue weighted by Crippen LogP contribution is -2.50. The Hall–Kier alpha value is -1.46. The molecule has 0 aromatic heterocycles. The highest BCUT2D eigenvalue weighted by molar-refractivity contribution is 5.74. The van der Waals surface area contributed by atoms with Crippen molar-refractivity contribution in [2.75, 3.05) is 19.6 Å². The van der Waals surface area contributed by atoms with Crippen LogP contribution in [0.25, 0.3) is 0 Å². The van der Waals surface area contributed by atoms with Crippen LogP contribution in [0.5, 0.6) is 0 Å². The van der Waals surface area contributed by atoms with Crippen molar-refractivity contribution in [3.63, 3.8) is 0 Å². The molecule has 0 radical (unpaired) electrons. The number of hydrogen-bond donors (Lipinski definition) is 3. The third-order valence-corrected chi connectivity index (χ3v) is 3.19. The Kier molecular flexibility index (Phi) is 6.32. The molecule has 0 aromatic carbocycles. The first-order chi connectivity index (χ1) is 8.63. The van der Waals surface area contributed by atoms with E-state index in [4.69, 9.17) is 5.73 Å². The smallest absolute Gasteiger partial charge is 0.317 e. The van der Waals surface area contributed by atoms with E-state index in [0.29, 0.717) is 13.1 Å². The number of primary amides is 1. The zero-order valence-electron chi connectivity index (χ0n) is 11.1. The first-order valence-electron chi connectivity index (χ1n) is 6.72. The van der Waals surface area contributed by atoms with Crippen LogP contribution in [0.15, 0.2) is 0 Å². The Labute approximate surface area is 108 Å². The zero-order chi connectivity index (χ0) is 13.4. The molecular formula is C12H24N4O2. The van der Waals surface area contributed by atoms with Gasteiger partial charge in [-0.25, -0.2) is 9.59 Å². The molecule has 0 spiro atoms. The quantitative estimate of drug-likeness (QED) is 0.641. The number of rotatable bonds is 5. The predicted octanol–water partition coefficient (Wildman–Crippen LogP) is 1.02. The maximum absolute atomic E-state index is 11.8. The van der Waals surface area contributed by atoms with Crippen LogP contribution in [0.2, 0.25) is 0 Å². The number of nitrogens with zero attached hydrogens (tertiary/aromatic N) is 1. The second-order valence-corrected chi connectivity index (χ2v) is 4.71. The molecule has 18 heavy (non-hydrogen) atoms. The molecule has 0 saturated carbocycles. The van der Waals surface area contributed by atoms with E-state index in [9.17, 15) is 9.59 Å². The number of urea groups is 2. The van der Waals surface area contributed by atoms with Crippen LogP contribution in [0.1, 0.15) is 39.0 Å². The number of nitrogens with two attached hydrogens (primary N) is 1. The van der Waals surface area contributed by atoms with Crippen LogP contribution in [0.3, 0.4) is 0 Å². The lowest BCUT2D eigenvalue weighted by Gasteiger charge is -2.32. The van der Waals surface area contributed by atoms with Gasteiger partial charge in [0.25, 0.3) is 0 Å². The highest BCUT2D eigenvalue weighted by Gasteiger charge is 2.22. The van der Waals surface area contributed by atoms with Gasteiger partial charge in [-0.1, -0.05) is 19.8 Å². The SMILES string of the molecule is CCCCCNC(=O)N1CCC(NC(N)=O)CC1. The fourth-order valence-corrected chi connectivity index (χ4v) is 2.11. The molecule has 1 aliphatic heterocycles. The van der Waals surface area contributed by atoms with Crippen LogP contribution >= 0.6 is 0 Å². The fourth-order valence-electron chi connectivity index (χ4n) is 2.11. The van der Waals surface area contributed by atoms with E-state index in [-0.39, 0.29) is 12.1 Å². The lowest BCUT2D eigenvalue weighted by atomic mass is 10.1. The fraction of sp³-hybridized carbons (Fsp3) is 0.833. The molecule has 0 bridgehead atoms.